The minimum absolute atomic E-state index is 0.191. The molecular formula is C14H21N8O5P. The number of nitrogens with two attached hydrogens (primary N) is 1. The van der Waals surface area contributed by atoms with Gasteiger partial charge in [-0.2, -0.15) is 4.68 Å². The van der Waals surface area contributed by atoms with Crippen LogP contribution in [-0.2, 0) is 15.8 Å². The molecule has 1 aromatic carbocycles. The molecule has 152 valence electrons. The minimum Gasteiger partial charge on any atom is -0.465 e. The molecule has 0 saturated carbocycles. The second kappa shape index (κ2) is 8.78. The maximum absolute atomic E-state index is 12.5. The number of aromatic nitrogens is 4. The lowest BCUT2D eigenvalue weighted by molar-refractivity contribution is 0.165. The molecule has 28 heavy (non-hydrogen) atoms. The van der Waals surface area contributed by atoms with Crippen molar-refractivity contribution in [1.82, 2.24) is 25.5 Å². The maximum atomic E-state index is 12.5. The fraction of sp³-hybridized carbons (Fsp3) is 0.357. The zero-order valence-electron chi connectivity index (χ0n) is 15.1. The molecule has 0 bridgehead atoms. The number of tetrazole rings is 1. The summed E-state index contributed by atoms with van der Waals surface area (Å²) in [7, 11) is -4.38. The van der Waals surface area contributed by atoms with E-state index in [0.717, 1.165) is 4.68 Å². The smallest absolute Gasteiger partial charge is 0.405 e. The van der Waals surface area contributed by atoms with Crippen molar-refractivity contribution >= 4 is 25.3 Å². The Morgan fingerprint density at radius 3 is 2.71 bits per heavy atom. The highest BCUT2D eigenvalue weighted by Crippen LogP contribution is 2.49. The molecule has 0 spiro atoms. The molecule has 0 aliphatic rings. The van der Waals surface area contributed by atoms with Crippen LogP contribution in [0.3, 0.4) is 0 Å². The molecule has 0 radical (unpaired) electrons. The van der Waals surface area contributed by atoms with E-state index >= 15 is 0 Å². The molecule has 14 heteroatoms. The predicted molar refractivity (Wildman–Crippen MR) is 99.5 cm³/mol. The summed E-state index contributed by atoms with van der Waals surface area (Å²) in [6.07, 6.45) is -1.44. The lowest BCUT2D eigenvalue weighted by atomic mass is 10.1. The van der Waals surface area contributed by atoms with Crippen LogP contribution in [0, 0.1) is 11.3 Å². The van der Waals surface area contributed by atoms with E-state index in [0.29, 0.717) is 11.3 Å². The van der Waals surface area contributed by atoms with Crippen molar-refractivity contribution < 1.29 is 23.9 Å². The van der Waals surface area contributed by atoms with Crippen LogP contribution in [0.15, 0.2) is 24.3 Å². The van der Waals surface area contributed by atoms with Crippen LogP contribution in [-0.4, -0.2) is 48.0 Å². The van der Waals surface area contributed by atoms with E-state index in [9.17, 15) is 14.3 Å². The van der Waals surface area contributed by atoms with Crippen molar-refractivity contribution in [3.05, 3.63) is 24.3 Å². The minimum atomic E-state index is -4.38. The van der Waals surface area contributed by atoms with Crippen LogP contribution in [0.2, 0.25) is 0 Å². The maximum Gasteiger partial charge on any atom is 0.405 e. The van der Waals surface area contributed by atoms with Gasteiger partial charge in [0.2, 0.25) is 0 Å². The molecule has 1 aromatic heterocycles. The van der Waals surface area contributed by atoms with Crippen LogP contribution in [0.5, 0.6) is 0 Å². The summed E-state index contributed by atoms with van der Waals surface area (Å²) < 4.78 is 18.7. The number of nitrogens with one attached hydrogen (secondary N) is 3. The summed E-state index contributed by atoms with van der Waals surface area (Å²) in [6, 6.07) is 6.74. The van der Waals surface area contributed by atoms with Gasteiger partial charge < -0.3 is 26.4 Å². The number of hydrogen-bond donors (Lipinski definition) is 6. The normalized spacial score (nSPS) is 14.3. The summed E-state index contributed by atoms with van der Waals surface area (Å²) in [5.74, 6) is -1.92. The monoisotopic (exact) mass is 412 g/mol. The Labute approximate surface area is 159 Å². The van der Waals surface area contributed by atoms with Crippen LogP contribution < -0.4 is 16.4 Å². The fourth-order valence-electron chi connectivity index (χ4n) is 2.39. The van der Waals surface area contributed by atoms with E-state index in [1.165, 1.54) is 0 Å². The molecule has 0 aliphatic heterocycles. The van der Waals surface area contributed by atoms with Crippen molar-refractivity contribution in [2.24, 2.45) is 11.7 Å². The average Bonchev–Trinajstić information content (AvgIpc) is 3.06. The summed E-state index contributed by atoms with van der Waals surface area (Å²) in [5.41, 5.74) is 6.29. The van der Waals surface area contributed by atoms with Crippen molar-refractivity contribution in [3.8, 4) is 11.4 Å². The number of benzene rings is 1. The summed E-state index contributed by atoms with van der Waals surface area (Å²) in [6.45, 7) is 2.66. The second-order valence-corrected chi connectivity index (χ2v) is 7.99. The molecule has 2 unspecified atom stereocenters. The molecule has 2 aromatic rings. The first-order valence-corrected chi connectivity index (χ1v) is 9.69. The molecule has 13 nitrogen and oxygen atoms in total. The zero-order chi connectivity index (χ0) is 20.9. The topological polar surface area (TPSA) is 201 Å². The third-order valence-electron chi connectivity index (χ3n) is 3.59. The summed E-state index contributed by atoms with van der Waals surface area (Å²) >= 11 is 0. The molecule has 2 atom stereocenters. The molecule has 1 amide bonds. The first-order valence-electron chi connectivity index (χ1n) is 8.05. The van der Waals surface area contributed by atoms with Gasteiger partial charge >= 0.3 is 13.7 Å². The van der Waals surface area contributed by atoms with E-state index in [4.69, 9.17) is 20.8 Å². The SMILES string of the molecule is CC(C)C(NC(=O)O)P(=O)(O)OCn1nnnc1-c1ccccc1NC(=N)N. The Bertz CT molecular complexity index is 901. The van der Waals surface area contributed by atoms with E-state index < -0.39 is 32.1 Å². The lowest BCUT2D eigenvalue weighted by Crippen LogP contribution is -2.38. The number of rotatable bonds is 8. The van der Waals surface area contributed by atoms with Gasteiger partial charge in [-0.1, -0.05) is 26.0 Å². The van der Waals surface area contributed by atoms with Gasteiger partial charge in [-0.05, 0) is 28.5 Å². The highest BCUT2D eigenvalue weighted by Gasteiger charge is 2.37. The molecule has 0 saturated heterocycles. The Balaban J connectivity index is 2.25. The molecule has 7 N–H and O–H groups in total. The van der Waals surface area contributed by atoms with Crippen molar-refractivity contribution in [2.75, 3.05) is 5.32 Å². The van der Waals surface area contributed by atoms with Crippen LogP contribution in [0.25, 0.3) is 11.4 Å². The quantitative estimate of drug-likeness (QED) is 0.207. The average molecular weight is 412 g/mol. The lowest BCUT2D eigenvalue weighted by Gasteiger charge is -2.25. The fourth-order valence-corrected chi connectivity index (χ4v) is 3.85. The van der Waals surface area contributed by atoms with Gasteiger partial charge in [-0.15, -0.1) is 5.10 Å². The van der Waals surface area contributed by atoms with Gasteiger partial charge in [0.05, 0.1) is 5.69 Å². The van der Waals surface area contributed by atoms with Crippen molar-refractivity contribution in [3.63, 3.8) is 0 Å². The zero-order valence-corrected chi connectivity index (χ0v) is 16.0. The molecule has 0 fully saturated rings. The number of para-hydroxylation sites is 1. The van der Waals surface area contributed by atoms with E-state index in [2.05, 4.69) is 20.8 Å². The van der Waals surface area contributed by atoms with Gasteiger partial charge in [-0.3, -0.25) is 14.5 Å². The molecule has 1 heterocycles. The first kappa shape index (κ1) is 21.3. The second-order valence-electron chi connectivity index (χ2n) is 6.05. The Hall–Kier alpha value is -3.02. The van der Waals surface area contributed by atoms with Crippen molar-refractivity contribution in [1.29, 1.82) is 5.41 Å². The van der Waals surface area contributed by atoms with Crippen molar-refractivity contribution in [2.45, 2.75) is 26.4 Å². The number of carbonyl (C=O) groups is 1. The van der Waals surface area contributed by atoms with Gasteiger partial charge in [0.25, 0.3) is 0 Å². The van der Waals surface area contributed by atoms with Gasteiger partial charge in [-0.25, -0.2) is 4.79 Å². The van der Waals surface area contributed by atoms with Gasteiger partial charge in [0.15, 0.2) is 18.5 Å². The third kappa shape index (κ3) is 5.25. The summed E-state index contributed by atoms with van der Waals surface area (Å²) in [4.78, 5) is 21.1. The summed E-state index contributed by atoms with van der Waals surface area (Å²) in [5, 5.41) is 32.0. The number of carboxylic acid groups (broad SMARTS) is 1. The molecule has 2 rings (SSSR count). The number of amides is 1. The van der Waals surface area contributed by atoms with Crippen LogP contribution in [0.4, 0.5) is 10.5 Å². The Morgan fingerprint density at radius 1 is 1.43 bits per heavy atom. The largest absolute Gasteiger partial charge is 0.465 e. The van der Waals surface area contributed by atoms with E-state index in [1.54, 1.807) is 38.1 Å². The number of guanidine groups is 1. The van der Waals surface area contributed by atoms with E-state index in [-0.39, 0.29) is 11.8 Å². The highest BCUT2D eigenvalue weighted by atomic mass is 31.2. The van der Waals surface area contributed by atoms with Crippen LogP contribution >= 0.6 is 7.60 Å². The number of nitrogens with zero attached hydrogens (tertiary/aromatic N) is 4. The third-order valence-corrected chi connectivity index (χ3v) is 5.50. The van der Waals surface area contributed by atoms with Crippen LogP contribution in [0.1, 0.15) is 13.8 Å². The Kier molecular flexibility index (Phi) is 6.67. The standard InChI is InChI=1S/C14H21N8O5P/c1-8(2)12(18-14(23)24)28(25,26)27-7-22-11(19-20-21-22)9-5-3-4-6-10(9)17-13(15)16/h3-6,8,12,18H,7H2,1-2H3,(H,23,24)(H,25,26)(H4,15,16,17). The Morgan fingerprint density at radius 2 is 2.11 bits per heavy atom. The first-order chi connectivity index (χ1) is 13.1. The van der Waals surface area contributed by atoms with E-state index in [1.807, 2.05) is 5.32 Å². The number of hydrogen-bond acceptors (Lipinski definition) is 7. The number of anilines is 1. The predicted octanol–water partition coefficient (Wildman–Crippen LogP) is 1.05. The highest BCUT2D eigenvalue weighted by molar-refractivity contribution is 7.53. The van der Waals surface area contributed by atoms with Gasteiger partial charge in [0.1, 0.15) is 5.78 Å². The van der Waals surface area contributed by atoms with Gasteiger partial charge in [0, 0.05) is 5.56 Å². The molecular weight excluding hydrogens is 391 g/mol. The molecule has 0 aliphatic carbocycles.